The normalized spacial score (nSPS) is 15.9. The van der Waals surface area contributed by atoms with E-state index in [0.717, 1.165) is 25.8 Å². The second kappa shape index (κ2) is 8.75. The lowest BCUT2D eigenvalue weighted by Gasteiger charge is -2.27. The third kappa shape index (κ3) is 8.44. The molecular weight excluding hydrogens is 231 g/mol. The van der Waals surface area contributed by atoms with Crippen molar-refractivity contribution in [3.63, 3.8) is 0 Å². The predicted octanol–water partition coefficient (Wildman–Crippen LogP) is 3.51. The first-order chi connectivity index (χ1) is 7.94. The highest BCUT2D eigenvalue weighted by Crippen LogP contribution is 2.18. The van der Waals surface area contributed by atoms with Crippen LogP contribution >= 0.6 is 0 Å². The molecule has 2 nitrogen and oxygen atoms in total. The van der Waals surface area contributed by atoms with Crippen LogP contribution in [0.2, 0.25) is 0 Å². The number of hydrogen-bond acceptors (Lipinski definition) is 2. The van der Waals surface area contributed by atoms with Gasteiger partial charge in [-0.15, -0.1) is 0 Å². The minimum absolute atomic E-state index is 0.0206. The molecule has 0 amide bonds. The molecule has 0 aliphatic heterocycles. The Morgan fingerprint density at radius 1 is 1.12 bits per heavy atom. The minimum atomic E-state index is -4.24. The van der Waals surface area contributed by atoms with Crippen LogP contribution in [0, 0.1) is 0 Å². The molecule has 0 heterocycles. The third-order valence-electron chi connectivity index (χ3n) is 2.57. The third-order valence-corrected chi connectivity index (χ3v) is 2.57. The van der Waals surface area contributed by atoms with Crippen molar-refractivity contribution in [2.75, 3.05) is 13.2 Å². The SMILES string of the molecule is CCCNC(CCC)C(CC)OCC(F)(F)F. The summed E-state index contributed by atoms with van der Waals surface area (Å²) in [6.07, 6.45) is -1.26. The van der Waals surface area contributed by atoms with Crippen LogP contribution in [0.1, 0.15) is 46.5 Å². The summed E-state index contributed by atoms with van der Waals surface area (Å²) in [5, 5.41) is 3.27. The molecule has 0 saturated carbocycles. The van der Waals surface area contributed by atoms with Crippen LogP contribution in [0.4, 0.5) is 13.2 Å². The quantitative estimate of drug-likeness (QED) is 0.680. The fourth-order valence-corrected chi connectivity index (χ4v) is 1.78. The van der Waals surface area contributed by atoms with Gasteiger partial charge >= 0.3 is 6.18 Å². The molecular formula is C12H24F3NO. The predicted molar refractivity (Wildman–Crippen MR) is 63.1 cm³/mol. The maximum atomic E-state index is 12.1. The molecule has 0 radical (unpaired) electrons. The van der Waals surface area contributed by atoms with Crippen molar-refractivity contribution >= 4 is 0 Å². The molecule has 0 fully saturated rings. The van der Waals surface area contributed by atoms with Gasteiger partial charge in [-0.2, -0.15) is 13.2 Å². The Balaban J connectivity index is 4.23. The topological polar surface area (TPSA) is 21.3 Å². The van der Waals surface area contributed by atoms with Gasteiger partial charge in [0, 0.05) is 6.04 Å². The highest BCUT2D eigenvalue weighted by Gasteiger charge is 2.30. The van der Waals surface area contributed by atoms with E-state index in [1.807, 2.05) is 20.8 Å². The van der Waals surface area contributed by atoms with E-state index >= 15 is 0 Å². The fraction of sp³-hybridized carbons (Fsp3) is 1.00. The summed E-state index contributed by atoms with van der Waals surface area (Å²) in [7, 11) is 0. The molecule has 2 atom stereocenters. The van der Waals surface area contributed by atoms with E-state index in [1.165, 1.54) is 0 Å². The summed E-state index contributed by atoms with van der Waals surface area (Å²) in [5.41, 5.74) is 0. The van der Waals surface area contributed by atoms with Gasteiger partial charge in [0.25, 0.3) is 0 Å². The van der Waals surface area contributed by atoms with Gasteiger partial charge in [0.15, 0.2) is 0 Å². The average molecular weight is 255 g/mol. The summed E-state index contributed by atoms with van der Waals surface area (Å²) in [4.78, 5) is 0. The zero-order valence-corrected chi connectivity index (χ0v) is 10.9. The number of hydrogen-bond donors (Lipinski definition) is 1. The van der Waals surface area contributed by atoms with E-state index in [1.54, 1.807) is 0 Å². The molecule has 1 N–H and O–H groups in total. The zero-order chi connectivity index (χ0) is 13.3. The highest BCUT2D eigenvalue weighted by molar-refractivity contribution is 4.76. The molecule has 0 spiro atoms. The van der Waals surface area contributed by atoms with Gasteiger partial charge < -0.3 is 10.1 Å². The minimum Gasteiger partial charge on any atom is -0.367 e. The molecule has 5 heteroatoms. The Bertz CT molecular complexity index is 185. The molecule has 0 aromatic carbocycles. The number of alkyl halides is 3. The molecule has 0 aliphatic rings. The van der Waals surface area contributed by atoms with Crippen molar-refractivity contribution in [3.05, 3.63) is 0 Å². The van der Waals surface area contributed by atoms with Crippen molar-refractivity contribution < 1.29 is 17.9 Å². The molecule has 0 aromatic rings. The standard InChI is InChI=1S/C12H24F3NO/c1-4-7-10(16-8-5-2)11(6-3)17-9-12(13,14)15/h10-11,16H,4-9H2,1-3H3. The van der Waals surface area contributed by atoms with Crippen LogP contribution in [-0.2, 0) is 4.74 Å². The van der Waals surface area contributed by atoms with Gasteiger partial charge in [-0.25, -0.2) is 0 Å². The number of halogens is 3. The largest absolute Gasteiger partial charge is 0.411 e. The Labute approximate surface area is 102 Å². The maximum absolute atomic E-state index is 12.1. The molecule has 0 rings (SSSR count). The lowest BCUT2D eigenvalue weighted by Crippen LogP contribution is -2.42. The molecule has 104 valence electrons. The van der Waals surface area contributed by atoms with Crippen LogP contribution in [0.5, 0.6) is 0 Å². The highest BCUT2D eigenvalue weighted by atomic mass is 19.4. The molecule has 0 aromatic heterocycles. The summed E-state index contributed by atoms with van der Waals surface area (Å²) in [6, 6.07) is 0.0206. The van der Waals surface area contributed by atoms with Crippen molar-refractivity contribution in [2.24, 2.45) is 0 Å². The first-order valence-electron chi connectivity index (χ1n) is 6.36. The number of nitrogens with one attached hydrogen (secondary N) is 1. The summed E-state index contributed by atoms with van der Waals surface area (Å²) in [6.45, 7) is 5.58. The van der Waals surface area contributed by atoms with Gasteiger partial charge in [0.05, 0.1) is 6.10 Å². The molecule has 0 bridgehead atoms. The van der Waals surface area contributed by atoms with Crippen LogP contribution in [0.15, 0.2) is 0 Å². The van der Waals surface area contributed by atoms with Crippen LogP contribution < -0.4 is 5.32 Å². The van der Waals surface area contributed by atoms with Gasteiger partial charge in [-0.3, -0.25) is 0 Å². The summed E-state index contributed by atoms with van der Waals surface area (Å²) < 4.78 is 41.3. The van der Waals surface area contributed by atoms with E-state index in [2.05, 4.69) is 5.32 Å². The Kier molecular flexibility index (Phi) is 8.60. The van der Waals surface area contributed by atoms with Gasteiger partial charge in [-0.1, -0.05) is 27.2 Å². The monoisotopic (exact) mass is 255 g/mol. The smallest absolute Gasteiger partial charge is 0.367 e. The second-order valence-electron chi connectivity index (χ2n) is 4.22. The van der Waals surface area contributed by atoms with E-state index in [9.17, 15) is 13.2 Å². The Hall–Kier alpha value is -0.290. The zero-order valence-electron chi connectivity index (χ0n) is 10.9. The summed E-state index contributed by atoms with van der Waals surface area (Å²) >= 11 is 0. The van der Waals surface area contributed by atoms with Crippen molar-refractivity contribution in [1.82, 2.24) is 5.32 Å². The van der Waals surface area contributed by atoms with Crippen molar-refractivity contribution in [3.8, 4) is 0 Å². The molecule has 0 saturated heterocycles. The van der Waals surface area contributed by atoms with Crippen molar-refractivity contribution in [1.29, 1.82) is 0 Å². The average Bonchev–Trinajstić information content (AvgIpc) is 2.25. The van der Waals surface area contributed by atoms with Gasteiger partial charge in [0.2, 0.25) is 0 Å². The van der Waals surface area contributed by atoms with Crippen LogP contribution in [0.25, 0.3) is 0 Å². The molecule has 17 heavy (non-hydrogen) atoms. The molecule has 2 unspecified atom stereocenters. The Morgan fingerprint density at radius 2 is 1.76 bits per heavy atom. The first-order valence-corrected chi connectivity index (χ1v) is 6.36. The van der Waals surface area contributed by atoms with E-state index in [4.69, 9.17) is 4.74 Å². The maximum Gasteiger partial charge on any atom is 0.411 e. The van der Waals surface area contributed by atoms with Crippen LogP contribution in [0.3, 0.4) is 0 Å². The fourth-order valence-electron chi connectivity index (χ4n) is 1.78. The van der Waals surface area contributed by atoms with Gasteiger partial charge in [-0.05, 0) is 25.8 Å². The Morgan fingerprint density at radius 3 is 2.18 bits per heavy atom. The van der Waals surface area contributed by atoms with Crippen molar-refractivity contribution in [2.45, 2.75) is 64.8 Å². The molecule has 0 aliphatic carbocycles. The first kappa shape index (κ1) is 16.7. The summed E-state index contributed by atoms with van der Waals surface area (Å²) in [5.74, 6) is 0. The number of ether oxygens (including phenoxy) is 1. The lowest BCUT2D eigenvalue weighted by atomic mass is 10.0. The second-order valence-corrected chi connectivity index (χ2v) is 4.22. The van der Waals surface area contributed by atoms with E-state index in [0.29, 0.717) is 6.42 Å². The van der Waals surface area contributed by atoms with E-state index < -0.39 is 12.8 Å². The van der Waals surface area contributed by atoms with Gasteiger partial charge in [0.1, 0.15) is 6.61 Å². The van der Waals surface area contributed by atoms with E-state index in [-0.39, 0.29) is 12.1 Å². The number of rotatable bonds is 9. The van der Waals surface area contributed by atoms with Crippen LogP contribution in [-0.4, -0.2) is 31.5 Å². The lowest BCUT2D eigenvalue weighted by molar-refractivity contribution is -0.188.